The molecule has 24 heavy (non-hydrogen) atoms. The summed E-state index contributed by atoms with van der Waals surface area (Å²) in [5.41, 5.74) is 3.46. The molecule has 0 spiro atoms. The predicted octanol–water partition coefficient (Wildman–Crippen LogP) is 3.70. The van der Waals surface area contributed by atoms with Crippen molar-refractivity contribution in [3.8, 4) is 17.1 Å². The Morgan fingerprint density at radius 3 is 2.83 bits per heavy atom. The van der Waals surface area contributed by atoms with Gasteiger partial charge in [-0.25, -0.2) is 0 Å². The van der Waals surface area contributed by atoms with Gasteiger partial charge in [0.1, 0.15) is 5.75 Å². The molecule has 1 aromatic heterocycles. The maximum absolute atomic E-state index is 5.49. The van der Waals surface area contributed by atoms with Crippen molar-refractivity contribution in [3.63, 3.8) is 0 Å². The van der Waals surface area contributed by atoms with Crippen molar-refractivity contribution in [2.75, 3.05) is 12.0 Å². The van der Waals surface area contributed by atoms with Crippen molar-refractivity contribution in [3.05, 3.63) is 60.0 Å². The van der Waals surface area contributed by atoms with E-state index < -0.39 is 0 Å². The molecule has 0 bridgehead atoms. The van der Waals surface area contributed by atoms with Crippen molar-refractivity contribution >= 4 is 5.69 Å². The fourth-order valence-corrected chi connectivity index (χ4v) is 3.27. The van der Waals surface area contributed by atoms with Crippen LogP contribution in [0.15, 0.2) is 53.1 Å². The summed E-state index contributed by atoms with van der Waals surface area (Å²) >= 11 is 0. The van der Waals surface area contributed by atoms with Gasteiger partial charge in [0.15, 0.2) is 0 Å². The van der Waals surface area contributed by atoms with Gasteiger partial charge >= 0.3 is 0 Å². The zero-order valence-electron chi connectivity index (χ0n) is 13.8. The Morgan fingerprint density at radius 2 is 1.96 bits per heavy atom. The van der Waals surface area contributed by atoms with Crippen LogP contribution in [0.2, 0.25) is 0 Å². The van der Waals surface area contributed by atoms with Crippen LogP contribution in [0.25, 0.3) is 11.4 Å². The van der Waals surface area contributed by atoms with E-state index in [1.807, 2.05) is 24.3 Å². The molecule has 4 rings (SSSR count). The van der Waals surface area contributed by atoms with Gasteiger partial charge in [0, 0.05) is 11.7 Å². The molecule has 122 valence electrons. The quantitative estimate of drug-likeness (QED) is 0.733. The molecule has 3 aromatic rings. The number of nitrogens with zero attached hydrogens (tertiary/aromatic N) is 3. The highest BCUT2D eigenvalue weighted by molar-refractivity contribution is 5.63. The van der Waals surface area contributed by atoms with E-state index in [-0.39, 0.29) is 0 Å². The summed E-state index contributed by atoms with van der Waals surface area (Å²) in [4.78, 5) is 6.87. The van der Waals surface area contributed by atoms with E-state index in [2.05, 4.69) is 46.2 Å². The molecule has 2 heterocycles. The van der Waals surface area contributed by atoms with E-state index >= 15 is 0 Å². The monoisotopic (exact) mass is 321 g/mol. The zero-order chi connectivity index (χ0) is 16.5. The van der Waals surface area contributed by atoms with Gasteiger partial charge in [-0.3, -0.25) is 0 Å². The van der Waals surface area contributed by atoms with E-state index in [9.17, 15) is 0 Å². The lowest BCUT2D eigenvalue weighted by Crippen LogP contribution is -2.28. The molecule has 1 aliphatic heterocycles. The Labute approximate surface area is 140 Å². The van der Waals surface area contributed by atoms with Crippen LogP contribution in [0.1, 0.15) is 18.4 Å². The van der Waals surface area contributed by atoms with Crippen LogP contribution >= 0.6 is 0 Å². The molecule has 5 heteroatoms. The van der Waals surface area contributed by atoms with Crippen molar-refractivity contribution in [1.82, 2.24) is 10.1 Å². The number of rotatable bonds is 4. The molecule has 1 unspecified atom stereocenters. The van der Waals surface area contributed by atoms with Gasteiger partial charge < -0.3 is 14.2 Å². The Balaban J connectivity index is 1.60. The van der Waals surface area contributed by atoms with E-state index in [1.165, 1.54) is 11.3 Å². The second kappa shape index (κ2) is 6.00. The summed E-state index contributed by atoms with van der Waals surface area (Å²) < 4.78 is 10.9. The second-order valence-corrected chi connectivity index (χ2v) is 6.02. The highest BCUT2D eigenvalue weighted by Gasteiger charge is 2.27. The molecule has 1 aliphatic rings. The van der Waals surface area contributed by atoms with Gasteiger partial charge in [-0.05, 0) is 37.1 Å². The summed E-state index contributed by atoms with van der Waals surface area (Å²) in [5.74, 6) is 1.91. The van der Waals surface area contributed by atoms with Crippen LogP contribution in [0, 0.1) is 0 Å². The number of ether oxygens (including phenoxy) is 1. The number of para-hydroxylation sites is 2. The summed E-state index contributed by atoms with van der Waals surface area (Å²) in [5, 5.41) is 4.13. The summed E-state index contributed by atoms with van der Waals surface area (Å²) in [6.07, 6.45) is 1.05. The minimum Gasteiger partial charge on any atom is -0.496 e. The second-order valence-electron chi connectivity index (χ2n) is 6.02. The van der Waals surface area contributed by atoms with Gasteiger partial charge in [-0.2, -0.15) is 4.98 Å². The maximum Gasteiger partial charge on any atom is 0.246 e. The Hall–Kier alpha value is -2.82. The van der Waals surface area contributed by atoms with E-state index in [1.54, 1.807) is 7.11 Å². The molecule has 0 aliphatic carbocycles. The lowest BCUT2D eigenvalue weighted by molar-refractivity contribution is 0.373. The largest absolute Gasteiger partial charge is 0.496 e. The summed E-state index contributed by atoms with van der Waals surface area (Å²) in [6, 6.07) is 16.6. The Bertz CT molecular complexity index is 859. The number of hydrogen-bond acceptors (Lipinski definition) is 5. The molecule has 0 amide bonds. The van der Waals surface area contributed by atoms with Crippen LogP contribution in [0.5, 0.6) is 5.75 Å². The average molecular weight is 321 g/mol. The van der Waals surface area contributed by atoms with Crippen molar-refractivity contribution in [2.24, 2.45) is 0 Å². The first kappa shape index (κ1) is 14.8. The van der Waals surface area contributed by atoms with Crippen LogP contribution in [-0.2, 0) is 13.0 Å². The number of anilines is 1. The summed E-state index contributed by atoms with van der Waals surface area (Å²) in [7, 11) is 1.64. The maximum atomic E-state index is 5.49. The van der Waals surface area contributed by atoms with Gasteiger partial charge in [-0.15, -0.1) is 0 Å². The Morgan fingerprint density at radius 1 is 1.17 bits per heavy atom. The van der Waals surface area contributed by atoms with Gasteiger partial charge in [0.05, 0.1) is 19.2 Å². The van der Waals surface area contributed by atoms with Crippen LogP contribution in [-0.4, -0.2) is 23.3 Å². The first-order valence-electron chi connectivity index (χ1n) is 8.07. The minimum absolute atomic E-state index is 0.420. The highest BCUT2D eigenvalue weighted by atomic mass is 16.5. The SMILES string of the molecule is COc1ccccc1-c1noc(CN2c3ccccc3CC2C)n1. The lowest BCUT2D eigenvalue weighted by Gasteiger charge is -2.22. The minimum atomic E-state index is 0.420. The fourth-order valence-electron chi connectivity index (χ4n) is 3.27. The molecular formula is C19H19N3O2. The number of aromatic nitrogens is 2. The van der Waals surface area contributed by atoms with Crippen molar-refractivity contribution in [1.29, 1.82) is 0 Å². The number of methoxy groups -OCH3 is 1. The van der Waals surface area contributed by atoms with Gasteiger partial charge in [-0.1, -0.05) is 35.5 Å². The van der Waals surface area contributed by atoms with E-state index in [4.69, 9.17) is 9.26 Å². The molecule has 2 aromatic carbocycles. The number of hydrogen-bond donors (Lipinski definition) is 0. The van der Waals surface area contributed by atoms with Crippen LogP contribution in [0.3, 0.4) is 0 Å². The molecular weight excluding hydrogens is 302 g/mol. The third-order valence-corrected chi connectivity index (χ3v) is 4.47. The summed E-state index contributed by atoms with van der Waals surface area (Å²) in [6.45, 7) is 2.83. The standard InChI is InChI=1S/C19H19N3O2/c1-13-11-14-7-3-5-9-16(14)22(13)12-18-20-19(21-24-18)15-8-4-6-10-17(15)23-2/h3-10,13H,11-12H2,1-2H3. The first-order valence-corrected chi connectivity index (χ1v) is 8.07. The molecule has 0 radical (unpaired) electrons. The number of benzene rings is 2. The lowest BCUT2D eigenvalue weighted by atomic mass is 10.1. The average Bonchev–Trinajstić information content (AvgIpc) is 3.20. The van der Waals surface area contributed by atoms with Crippen LogP contribution in [0.4, 0.5) is 5.69 Å². The van der Waals surface area contributed by atoms with Crippen LogP contribution < -0.4 is 9.64 Å². The predicted molar refractivity (Wildman–Crippen MR) is 92.1 cm³/mol. The van der Waals surface area contributed by atoms with Gasteiger partial charge in [0.25, 0.3) is 0 Å². The molecule has 0 saturated carbocycles. The molecule has 0 N–H and O–H groups in total. The third-order valence-electron chi connectivity index (χ3n) is 4.47. The fraction of sp³-hybridized carbons (Fsp3) is 0.263. The first-order chi connectivity index (χ1) is 11.8. The van der Waals surface area contributed by atoms with E-state index in [0.717, 1.165) is 17.7 Å². The number of fused-ring (bicyclic) bond motifs is 1. The molecule has 5 nitrogen and oxygen atoms in total. The topological polar surface area (TPSA) is 51.4 Å². The molecule has 1 atom stereocenters. The van der Waals surface area contributed by atoms with Gasteiger partial charge in [0.2, 0.25) is 11.7 Å². The third kappa shape index (κ3) is 2.52. The molecule has 0 saturated heterocycles. The van der Waals surface area contributed by atoms with Crippen molar-refractivity contribution < 1.29 is 9.26 Å². The smallest absolute Gasteiger partial charge is 0.246 e. The Kier molecular flexibility index (Phi) is 3.69. The highest BCUT2D eigenvalue weighted by Crippen LogP contribution is 2.33. The van der Waals surface area contributed by atoms with E-state index in [0.29, 0.717) is 24.3 Å². The molecule has 0 fully saturated rings. The van der Waals surface area contributed by atoms with Crippen molar-refractivity contribution in [2.45, 2.75) is 25.9 Å². The zero-order valence-corrected chi connectivity index (χ0v) is 13.8. The normalized spacial score (nSPS) is 16.2.